The zero-order valence-electron chi connectivity index (χ0n) is 24.9. The molecule has 232 valence electrons. The highest BCUT2D eigenvalue weighted by Gasteiger charge is 2.35. The molecule has 0 bridgehead atoms. The first-order chi connectivity index (χ1) is 20.7. The Bertz CT molecular complexity index is 1360. The van der Waals surface area contributed by atoms with Gasteiger partial charge in [-0.25, -0.2) is 18.7 Å². The van der Waals surface area contributed by atoms with Crippen molar-refractivity contribution in [3.05, 3.63) is 59.7 Å². The standard InChI is InChI=1S/C19H25F2N7O.C10H11NO.C2H6/c20-19(21)6-4-14(5-7-19)28-12-13(10-24-28)25-18-16(17(22)29)23-11-15(26-18)27-8-2-1-3-9-27;11-10(12)9-5-3-8(4-6-9)7-1-2-7;1-2/h10-12,14H,1-9H2,(H2,22,29)(H,25,26);3-7H,1-2H2,(H2,11,12);1-2H3. The number of rotatable bonds is 7. The number of amides is 2. The Balaban J connectivity index is 0.000000251. The molecule has 2 amide bonds. The number of nitrogens with one attached hydrogen (secondary N) is 1. The predicted molar refractivity (Wildman–Crippen MR) is 163 cm³/mol. The van der Waals surface area contributed by atoms with Crippen molar-refractivity contribution in [2.75, 3.05) is 23.3 Å². The molecule has 3 heterocycles. The quantitative estimate of drug-likeness (QED) is 0.306. The monoisotopic (exact) mass is 596 g/mol. The lowest BCUT2D eigenvalue weighted by Gasteiger charge is -2.28. The summed E-state index contributed by atoms with van der Waals surface area (Å²) in [5.74, 6) is -1.89. The number of hydrogen-bond acceptors (Lipinski definition) is 7. The summed E-state index contributed by atoms with van der Waals surface area (Å²) in [6.45, 7) is 5.79. The molecule has 1 aromatic carbocycles. The van der Waals surface area contributed by atoms with Crippen molar-refractivity contribution < 1.29 is 18.4 Å². The number of aromatic nitrogens is 4. The Labute approximate surface area is 251 Å². The first-order valence-corrected chi connectivity index (χ1v) is 15.2. The molecule has 0 unspecified atom stereocenters. The lowest BCUT2D eigenvalue weighted by Crippen LogP contribution is -2.31. The molecule has 3 aliphatic rings. The fourth-order valence-corrected chi connectivity index (χ4v) is 5.29. The maximum atomic E-state index is 13.4. The van der Waals surface area contributed by atoms with Crippen LogP contribution in [-0.4, -0.2) is 50.6 Å². The first-order valence-electron chi connectivity index (χ1n) is 15.2. The van der Waals surface area contributed by atoms with Crippen molar-refractivity contribution in [2.24, 2.45) is 11.5 Å². The molecule has 1 aliphatic heterocycles. The summed E-state index contributed by atoms with van der Waals surface area (Å²) in [5.41, 5.74) is 13.2. The summed E-state index contributed by atoms with van der Waals surface area (Å²) in [5, 5.41) is 7.38. The second-order valence-corrected chi connectivity index (χ2v) is 11.0. The van der Waals surface area contributed by atoms with Gasteiger partial charge in [0.1, 0.15) is 5.82 Å². The molecule has 2 saturated carbocycles. The van der Waals surface area contributed by atoms with E-state index in [1.54, 1.807) is 35.4 Å². The van der Waals surface area contributed by atoms with E-state index in [-0.39, 0.29) is 36.3 Å². The molecule has 43 heavy (non-hydrogen) atoms. The van der Waals surface area contributed by atoms with E-state index in [2.05, 4.69) is 25.3 Å². The lowest BCUT2D eigenvalue weighted by molar-refractivity contribution is -0.0449. The number of carbonyl (C=O) groups is 2. The van der Waals surface area contributed by atoms with Gasteiger partial charge in [0.2, 0.25) is 11.8 Å². The van der Waals surface area contributed by atoms with Gasteiger partial charge in [-0.1, -0.05) is 26.0 Å². The van der Waals surface area contributed by atoms with Gasteiger partial charge in [-0.05, 0) is 68.6 Å². The number of hydrogen-bond donors (Lipinski definition) is 3. The van der Waals surface area contributed by atoms with Crippen LogP contribution in [0.4, 0.5) is 26.1 Å². The number of piperidine rings is 1. The number of alkyl halides is 2. The van der Waals surface area contributed by atoms with Crippen LogP contribution in [0, 0.1) is 0 Å². The van der Waals surface area contributed by atoms with Crippen LogP contribution in [0.2, 0.25) is 0 Å². The first kappa shape index (κ1) is 31.8. The van der Waals surface area contributed by atoms with Crippen molar-refractivity contribution >= 4 is 29.1 Å². The van der Waals surface area contributed by atoms with Crippen molar-refractivity contribution in [1.29, 1.82) is 0 Å². The van der Waals surface area contributed by atoms with Gasteiger partial charge < -0.3 is 21.7 Å². The Kier molecular flexibility index (Phi) is 10.7. The van der Waals surface area contributed by atoms with Crippen LogP contribution in [0.3, 0.4) is 0 Å². The molecule has 12 heteroatoms. The molecule has 6 rings (SSSR count). The van der Waals surface area contributed by atoms with E-state index in [4.69, 9.17) is 11.5 Å². The molecule has 0 atom stereocenters. The SMILES string of the molecule is CC.NC(=O)c1ccc(C2CC2)cc1.NC(=O)c1ncc(N2CCCCC2)nc1Nc1cnn(C2CCC(F)(F)CC2)c1. The molecule has 0 radical (unpaired) electrons. The van der Waals surface area contributed by atoms with Gasteiger partial charge >= 0.3 is 0 Å². The average molecular weight is 597 g/mol. The Morgan fingerprint density at radius 1 is 0.930 bits per heavy atom. The molecule has 2 aliphatic carbocycles. The number of anilines is 3. The summed E-state index contributed by atoms with van der Waals surface area (Å²) in [6.07, 6.45) is 11.4. The minimum Gasteiger partial charge on any atom is -0.366 e. The van der Waals surface area contributed by atoms with Gasteiger partial charge in [0.15, 0.2) is 11.5 Å². The zero-order chi connectivity index (χ0) is 31.0. The van der Waals surface area contributed by atoms with E-state index >= 15 is 0 Å². The van der Waals surface area contributed by atoms with Gasteiger partial charge in [-0.2, -0.15) is 5.10 Å². The number of nitrogens with zero attached hydrogens (tertiary/aromatic N) is 5. The van der Waals surface area contributed by atoms with Crippen molar-refractivity contribution in [1.82, 2.24) is 19.7 Å². The third kappa shape index (κ3) is 8.71. The normalized spacial score (nSPS) is 18.0. The molecule has 10 nitrogen and oxygen atoms in total. The maximum absolute atomic E-state index is 13.4. The summed E-state index contributed by atoms with van der Waals surface area (Å²) >= 11 is 0. The number of carbonyl (C=O) groups excluding carboxylic acids is 2. The Morgan fingerprint density at radius 2 is 1.58 bits per heavy atom. The van der Waals surface area contributed by atoms with Crippen LogP contribution in [0.1, 0.15) is 110 Å². The molecule has 2 aromatic heterocycles. The second kappa shape index (κ2) is 14.4. The molecule has 5 N–H and O–H groups in total. The van der Waals surface area contributed by atoms with Gasteiger partial charge in [0, 0.05) is 37.7 Å². The minimum atomic E-state index is -2.58. The molecule has 1 saturated heterocycles. The number of nitrogens with two attached hydrogens (primary N) is 2. The Hall–Kier alpha value is -4.09. The number of primary amides is 2. The fraction of sp³-hybridized carbons (Fsp3) is 0.516. The molecule has 3 aromatic rings. The smallest absolute Gasteiger partial charge is 0.271 e. The molecule has 3 fully saturated rings. The van der Waals surface area contributed by atoms with E-state index < -0.39 is 11.8 Å². The average Bonchev–Trinajstić information content (AvgIpc) is 3.77. The topological polar surface area (TPSA) is 145 Å². The molecular weight excluding hydrogens is 554 g/mol. The highest BCUT2D eigenvalue weighted by atomic mass is 19.3. The number of halogens is 2. The van der Waals surface area contributed by atoms with Crippen molar-refractivity contribution in [2.45, 2.75) is 89.5 Å². The summed E-state index contributed by atoms with van der Waals surface area (Å²) < 4.78 is 28.5. The largest absolute Gasteiger partial charge is 0.366 e. The van der Waals surface area contributed by atoms with Crippen LogP contribution >= 0.6 is 0 Å². The van der Waals surface area contributed by atoms with Crippen LogP contribution in [-0.2, 0) is 0 Å². The van der Waals surface area contributed by atoms with Crippen LogP contribution in [0.25, 0.3) is 0 Å². The predicted octanol–water partition coefficient (Wildman–Crippen LogP) is 5.95. The van der Waals surface area contributed by atoms with E-state index in [9.17, 15) is 18.4 Å². The third-order valence-electron chi connectivity index (χ3n) is 7.84. The summed E-state index contributed by atoms with van der Waals surface area (Å²) in [4.78, 5) is 33.4. The summed E-state index contributed by atoms with van der Waals surface area (Å²) in [6, 6.07) is 7.54. The van der Waals surface area contributed by atoms with Gasteiger partial charge in [0.05, 0.1) is 24.1 Å². The zero-order valence-corrected chi connectivity index (χ0v) is 24.9. The van der Waals surface area contributed by atoms with Gasteiger partial charge in [0.25, 0.3) is 5.91 Å². The van der Waals surface area contributed by atoms with Gasteiger partial charge in [-0.3, -0.25) is 14.3 Å². The van der Waals surface area contributed by atoms with Crippen LogP contribution in [0.5, 0.6) is 0 Å². The van der Waals surface area contributed by atoms with E-state index in [1.165, 1.54) is 24.8 Å². The molecule has 0 spiro atoms. The fourth-order valence-electron chi connectivity index (χ4n) is 5.29. The highest BCUT2D eigenvalue weighted by Crippen LogP contribution is 2.40. The Morgan fingerprint density at radius 3 is 2.16 bits per heavy atom. The maximum Gasteiger partial charge on any atom is 0.271 e. The van der Waals surface area contributed by atoms with E-state index in [1.807, 2.05) is 26.0 Å². The van der Waals surface area contributed by atoms with E-state index in [0.717, 1.165) is 31.8 Å². The van der Waals surface area contributed by atoms with Gasteiger partial charge in [-0.15, -0.1) is 0 Å². The second-order valence-electron chi connectivity index (χ2n) is 11.0. The summed E-state index contributed by atoms with van der Waals surface area (Å²) in [7, 11) is 0. The van der Waals surface area contributed by atoms with E-state index in [0.29, 0.717) is 29.9 Å². The minimum absolute atomic E-state index is 0.0517. The van der Waals surface area contributed by atoms with Crippen molar-refractivity contribution in [3.8, 4) is 0 Å². The van der Waals surface area contributed by atoms with Crippen molar-refractivity contribution in [3.63, 3.8) is 0 Å². The van der Waals surface area contributed by atoms with Crippen LogP contribution < -0.4 is 21.7 Å². The molecular formula is C31H42F2N8O2. The number of benzene rings is 1. The third-order valence-corrected chi connectivity index (χ3v) is 7.84. The highest BCUT2D eigenvalue weighted by molar-refractivity contribution is 5.96. The lowest BCUT2D eigenvalue weighted by atomic mass is 9.92. The van der Waals surface area contributed by atoms with Crippen LogP contribution in [0.15, 0.2) is 42.9 Å².